The molecule has 1 nitrogen and oxygen atoms in total. The second-order valence-electron chi connectivity index (χ2n) is 4.84. The van der Waals surface area contributed by atoms with Crippen LogP contribution in [-0.2, 0) is 0 Å². The Labute approximate surface area is 124 Å². The highest BCUT2D eigenvalue weighted by atomic mass is 35.5. The molecule has 1 heterocycles. The van der Waals surface area contributed by atoms with E-state index in [1.54, 1.807) is 11.3 Å². The largest absolute Gasteiger partial charge is 0.306 e. The quantitative estimate of drug-likeness (QED) is 0.808. The van der Waals surface area contributed by atoms with E-state index in [1.807, 2.05) is 0 Å². The molecule has 0 saturated heterocycles. The van der Waals surface area contributed by atoms with E-state index in [9.17, 15) is 0 Å². The van der Waals surface area contributed by atoms with Gasteiger partial charge in [-0.1, -0.05) is 42.8 Å². The van der Waals surface area contributed by atoms with Crippen LogP contribution in [0.25, 0.3) is 0 Å². The van der Waals surface area contributed by atoms with Crippen molar-refractivity contribution in [3.63, 3.8) is 0 Å². The maximum absolute atomic E-state index is 6.46. The third kappa shape index (κ3) is 3.19. The standard InChI is InChI=1S/C16H20ClNS/c1-4-9-18-15(13-8-6-5-7-11(13)2)16-14(17)12(3)10-19-16/h5-8,10,15,18H,4,9H2,1-3H3. The van der Waals surface area contributed by atoms with E-state index in [4.69, 9.17) is 11.6 Å². The number of halogens is 1. The molecule has 1 atom stereocenters. The van der Waals surface area contributed by atoms with Crippen LogP contribution >= 0.6 is 22.9 Å². The molecule has 3 heteroatoms. The zero-order chi connectivity index (χ0) is 13.8. The molecule has 1 unspecified atom stereocenters. The Morgan fingerprint density at radius 1 is 1.21 bits per heavy atom. The van der Waals surface area contributed by atoms with E-state index in [0.29, 0.717) is 0 Å². The molecule has 0 radical (unpaired) electrons. The van der Waals surface area contributed by atoms with Gasteiger partial charge in [-0.3, -0.25) is 0 Å². The molecule has 0 aliphatic heterocycles. The van der Waals surface area contributed by atoms with Gasteiger partial charge in [-0.05, 0) is 48.9 Å². The summed E-state index contributed by atoms with van der Waals surface area (Å²) in [6.07, 6.45) is 1.12. The minimum Gasteiger partial charge on any atom is -0.306 e. The van der Waals surface area contributed by atoms with Gasteiger partial charge >= 0.3 is 0 Å². The fourth-order valence-electron chi connectivity index (χ4n) is 2.19. The summed E-state index contributed by atoms with van der Waals surface area (Å²) in [5.74, 6) is 0. The van der Waals surface area contributed by atoms with Crippen molar-refractivity contribution in [3.05, 3.63) is 56.2 Å². The number of thiophene rings is 1. The molecule has 1 aromatic carbocycles. The van der Waals surface area contributed by atoms with Crippen LogP contribution in [0.1, 0.15) is 41.0 Å². The molecule has 0 aliphatic carbocycles. The fourth-order valence-corrected chi connectivity index (χ4v) is 3.58. The second-order valence-corrected chi connectivity index (χ2v) is 6.13. The first-order valence-corrected chi connectivity index (χ1v) is 7.93. The Morgan fingerprint density at radius 2 is 1.95 bits per heavy atom. The van der Waals surface area contributed by atoms with Crippen LogP contribution in [0.5, 0.6) is 0 Å². The summed E-state index contributed by atoms with van der Waals surface area (Å²) < 4.78 is 0. The SMILES string of the molecule is CCCNC(c1ccccc1C)c1scc(C)c1Cl. The van der Waals surface area contributed by atoms with Gasteiger partial charge in [-0.2, -0.15) is 0 Å². The molecular weight excluding hydrogens is 274 g/mol. The van der Waals surface area contributed by atoms with E-state index in [-0.39, 0.29) is 6.04 Å². The van der Waals surface area contributed by atoms with Crippen molar-refractivity contribution in [2.24, 2.45) is 0 Å². The molecule has 0 bridgehead atoms. The molecule has 2 aromatic rings. The summed E-state index contributed by atoms with van der Waals surface area (Å²) in [6.45, 7) is 7.40. The molecular formula is C16H20ClNS. The summed E-state index contributed by atoms with van der Waals surface area (Å²) in [4.78, 5) is 1.22. The Hall–Kier alpha value is -0.830. The smallest absolute Gasteiger partial charge is 0.0688 e. The fraction of sp³-hybridized carbons (Fsp3) is 0.375. The first kappa shape index (κ1) is 14.6. The van der Waals surface area contributed by atoms with Crippen LogP contribution in [0.4, 0.5) is 0 Å². The third-order valence-corrected chi connectivity index (χ3v) is 5.06. The summed E-state index contributed by atoms with van der Waals surface area (Å²) in [6, 6.07) is 8.72. The molecule has 0 aliphatic rings. The van der Waals surface area contributed by atoms with Crippen LogP contribution in [0.2, 0.25) is 5.02 Å². The Bertz CT molecular complexity index is 547. The normalized spacial score (nSPS) is 12.6. The Kier molecular flexibility index (Phi) is 5.03. The van der Waals surface area contributed by atoms with Crippen LogP contribution < -0.4 is 5.32 Å². The lowest BCUT2D eigenvalue weighted by Crippen LogP contribution is -2.23. The first-order chi connectivity index (χ1) is 9.15. The maximum Gasteiger partial charge on any atom is 0.0688 e. The average Bonchev–Trinajstić information content (AvgIpc) is 2.73. The van der Waals surface area contributed by atoms with Gasteiger partial charge in [0.05, 0.1) is 11.1 Å². The molecule has 102 valence electrons. The summed E-state index contributed by atoms with van der Waals surface area (Å²) in [5.41, 5.74) is 3.79. The highest BCUT2D eigenvalue weighted by molar-refractivity contribution is 7.10. The zero-order valence-corrected chi connectivity index (χ0v) is 13.2. The maximum atomic E-state index is 6.46. The number of aryl methyl sites for hydroxylation is 2. The van der Waals surface area contributed by atoms with Crippen LogP contribution in [0.3, 0.4) is 0 Å². The first-order valence-electron chi connectivity index (χ1n) is 6.67. The lowest BCUT2D eigenvalue weighted by molar-refractivity contribution is 0.603. The third-order valence-electron chi connectivity index (χ3n) is 3.29. The van der Waals surface area contributed by atoms with Crippen LogP contribution in [-0.4, -0.2) is 6.54 Å². The number of hydrogen-bond donors (Lipinski definition) is 1. The van der Waals surface area contributed by atoms with Gasteiger partial charge in [0.15, 0.2) is 0 Å². The number of rotatable bonds is 5. The van der Waals surface area contributed by atoms with Crippen LogP contribution in [0.15, 0.2) is 29.6 Å². The molecule has 2 rings (SSSR count). The summed E-state index contributed by atoms with van der Waals surface area (Å²) in [5, 5.41) is 6.66. The lowest BCUT2D eigenvalue weighted by atomic mass is 9.99. The van der Waals surface area contributed by atoms with Crippen molar-refractivity contribution < 1.29 is 0 Å². The molecule has 1 N–H and O–H groups in total. The van der Waals surface area contributed by atoms with E-state index < -0.39 is 0 Å². The second kappa shape index (κ2) is 6.56. The average molecular weight is 294 g/mol. The van der Waals surface area contributed by atoms with Crippen molar-refractivity contribution in [2.45, 2.75) is 33.2 Å². The van der Waals surface area contributed by atoms with Gasteiger partial charge in [0.1, 0.15) is 0 Å². The van der Waals surface area contributed by atoms with Gasteiger partial charge in [-0.25, -0.2) is 0 Å². The molecule has 19 heavy (non-hydrogen) atoms. The van der Waals surface area contributed by atoms with E-state index >= 15 is 0 Å². The van der Waals surface area contributed by atoms with E-state index in [2.05, 4.69) is 55.7 Å². The monoisotopic (exact) mass is 293 g/mol. The highest BCUT2D eigenvalue weighted by Gasteiger charge is 2.20. The minimum atomic E-state index is 0.201. The molecule has 0 fully saturated rings. The zero-order valence-electron chi connectivity index (χ0n) is 11.7. The Morgan fingerprint density at radius 3 is 2.53 bits per heavy atom. The summed E-state index contributed by atoms with van der Waals surface area (Å²) in [7, 11) is 0. The number of hydrogen-bond acceptors (Lipinski definition) is 2. The van der Waals surface area contributed by atoms with Crippen molar-refractivity contribution in [2.75, 3.05) is 6.54 Å². The minimum absolute atomic E-state index is 0.201. The molecule has 0 amide bonds. The van der Waals surface area contributed by atoms with Gasteiger partial charge < -0.3 is 5.32 Å². The molecule has 0 spiro atoms. The summed E-state index contributed by atoms with van der Waals surface area (Å²) >= 11 is 8.20. The van der Waals surface area contributed by atoms with Gasteiger partial charge in [0, 0.05) is 4.88 Å². The molecule has 0 saturated carbocycles. The van der Waals surface area contributed by atoms with Gasteiger partial charge in [0.2, 0.25) is 0 Å². The van der Waals surface area contributed by atoms with Crippen molar-refractivity contribution in [1.29, 1.82) is 0 Å². The molecule has 1 aromatic heterocycles. The number of benzene rings is 1. The Balaban J connectivity index is 2.42. The van der Waals surface area contributed by atoms with E-state index in [1.165, 1.54) is 21.6 Å². The lowest BCUT2D eigenvalue weighted by Gasteiger charge is -2.20. The van der Waals surface area contributed by atoms with Gasteiger partial charge in [0.25, 0.3) is 0 Å². The van der Waals surface area contributed by atoms with Crippen LogP contribution in [0, 0.1) is 13.8 Å². The van der Waals surface area contributed by atoms with Crippen molar-refractivity contribution in [3.8, 4) is 0 Å². The van der Waals surface area contributed by atoms with Gasteiger partial charge in [-0.15, -0.1) is 11.3 Å². The number of nitrogens with one attached hydrogen (secondary N) is 1. The van der Waals surface area contributed by atoms with Crippen molar-refractivity contribution >= 4 is 22.9 Å². The predicted molar refractivity (Wildman–Crippen MR) is 85.4 cm³/mol. The highest BCUT2D eigenvalue weighted by Crippen LogP contribution is 2.36. The predicted octanol–water partition coefficient (Wildman–Crippen LogP) is 5.11. The topological polar surface area (TPSA) is 12.0 Å². The van der Waals surface area contributed by atoms with E-state index in [0.717, 1.165) is 18.0 Å². The van der Waals surface area contributed by atoms with Crippen molar-refractivity contribution in [1.82, 2.24) is 5.32 Å².